The zero-order valence-electron chi connectivity index (χ0n) is 15.3. The molecule has 1 amide bonds. The van der Waals surface area contributed by atoms with Gasteiger partial charge in [0.2, 0.25) is 5.91 Å². The van der Waals surface area contributed by atoms with Gasteiger partial charge in [-0.25, -0.2) is 4.68 Å². The van der Waals surface area contributed by atoms with E-state index in [0.29, 0.717) is 23.6 Å². The first kappa shape index (κ1) is 18.3. The van der Waals surface area contributed by atoms with Crippen LogP contribution < -0.4 is 10.9 Å². The van der Waals surface area contributed by atoms with Gasteiger partial charge in [0.05, 0.1) is 17.5 Å². The Hall–Kier alpha value is -2.48. The Morgan fingerprint density at radius 2 is 2.23 bits per heavy atom. The van der Waals surface area contributed by atoms with Crippen molar-refractivity contribution in [1.82, 2.24) is 20.3 Å². The Morgan fingerprint density at radius 3 is 2.85 bits per heavy atom. The molecule has 1 aliphatic rings. The van der Waals surface area contributed by atoms with Crippen molar-refractivity contribution in [2.45, 2.75) is 52.2 Å². The van der Waals surface area contributed by atoms with Gasteiger partial charge in [-0.2, -0.15) is 5.10 Å². The maximum Gasteiger partial charge on any atom is 0.267 e. The molecule has 0 unspecified atom stereocenters. The molecule has 26 heavy (non-hydrogen) atoms. The lowest BCUT2D eigenvalue weighted by molar-refractivity contribution is -0.122. The van der Waals surface area contributed by atoms with Gasteiger partial charge in [-0.3, -0.25) is 9.59 Å². The molecular formula is C18H24N4O4. The summed E-state index contributed by atoms with van der Waals surface area (Å²) in [4.78, 5) is 24.6. The van der Waals surface area contributed by atoms with Gasteiger partial charge in [-0.15, -0.1) is 0 Å². The number of aromatic nitrogens is 3. The zero-order chi connectivity index (χ0) is 18.7. The van der Waals surface area contributed by atoms with Crippen molar-refractivity contribution in [3.05, 3.63) is 33.9 Å². The molecule has 0 aliphatic carbocycles. The molecule has 2 aromatic heterocycles. The van der Waals surface area contributed by atoms with E-state index in [1.54, 1.807) is 6.07 Å². The van der Waals surface area contributed by atoms with E-state index >= 15 is 0 Å². The topological polar surface area (TPSA) is 99.2 Å². The van der Waals surface area contributed by atoms with Gasteiger partial charge in [0.15, 0.2) is 5.76 Å². The predicted molar refractivity (Wildman–Crippen MR) is 94.8 cm³/mol. The molecule has 0 aromatic carbocycles. The van der Waals surface area contributed by atoms with Crippen molar-refractivity contribution in [1.29, 1.82) is 0 Å². The molecule has 140 valence electrons. The molecule has 0 radical (unpaired) electrons. The van der Waals surface area contributed by atoms with E-state index in [1.165, 1.54) is 10.7 Å². The standard InChI is InChI=1S/C18H24N4O4/c1-11(2)18-14(15-7-12(3)21-26-15)8-17(24)22(20-18)10-16(23)19-9-13-5-4-6-25-13/h7-8,11,13H,4-6,9-10H2,1-3H3,(H,19,23)/t13-/m0/s1. The first-order valence-electron chi connectivity index (χ1n) is 8.88. The fourth-order valence-corrected chi connectivity index (χ4v) is 2.96. The number of rotatable bonds is 6. The summed E-state index contributed by atoms with van der Waals surface area (Å²) in [5, 5.41) is 11.1. The minimum atomic E-state index is -0.356. The van der Waals surface area contributed by atoms with Crippen molar-refractivity contribution in [3.8, 4) is 11.3 Å². The van der Waals surface area contributed by atoms with E-state index < -0.39 is 0 Å². The van der Waals surface area contributed by atoms with Gasteiger partial charge < -0.3 is 14.6 Å². The summed E-state index contributed by atoms with van der Waals surface area (Å²) in [6.45, 7) is 6.83. The Balaban J connectivity index is 1.78. The molecule has 8 heteroatoms. The summed E-state index contributed by atoms with van der Waals surface area (Å²) in [6.07, 6.45) is 2.02. The highest BCUT2D eigenvalue weighted by Gasteiger charge is 2.19. The number of hydrogen-bond acceptors (Lipinski definition) is 6. The highest BCUT2D eigenvalue weighted by molar-refractivity contribution is 5.75. The van der Waals surface area contributed by atoms with Gasteiger partial charge in [0.1, 0.15) is 6.54 Å². The zero-order valence-corrected chi connectivity index (χ0v) is 15.3. The highest BCUT2D eigenvalue weighted by Crippen LogP contribution is 2.26. The normalized spacial score (nSPS) is 17.0. The van der Waals surface area contributed by atoms with Crippen molar-refractivity contribution in [2.75, 3.05) is 13.2 Å². The van der Waals surface area contributed by atoms with Gasteiger partial charge >= 0.3 is 0 Å². The molecule has 0 spiro atoms. The molecule has 1 atom stereocenters. The number of amides is 1. The molecule has 3 heterocycles. The Morgan fingerprint density at radius 1 is 1.42 bits per heavy atom. The number of carbonyl (C=O) groups excluding carboxylic acids is 1. The SMILES string of the molecule is Cc1cc(-c2cc(=O)n(CC(=O)NC[C@@H]3CCCO3)nc2C(C)C)on1. The van der Waals surface area contributed by atoms with Crippen LogP contribution in [0.15, 0.2) is 21.5 Å². The van der Waals surface area contributed by atoms with Crippen LogP contribution >= 0.6 is 0 Å². The molecule has 1 N–H and O–H groups in total. The lowest BCUT2D eigenvalue weighted by Gasteiger charge is -2.14. The molecule has 8 nitrogen and oxygen atoms in total. The molecule has 0 saturated carbocycles. The minimum absolute atomic E-state index is 0.0530. The summed E-state index contributed by atoms with van der Waals surface area (Å²) in [6, 6.07) is 3.22. The van der Waals surface area contributed by atoms with Crippen LogP contribution in [0.25, 0.3) is 11.3 Å². The molecule has 2 aromatic rings. The third-order valence-electron chi connectivity index (χ3n) is 4.31. The summed E-state index contributed by atoms with van der Waals surface area (Å²) in [7, 11) is 0. The second-order valence-corrected chi connectivity index (χ2v) is 6.87. The first-order chi connectivity index (χ1) is 12.4. The van der Waals surface area contributed by atoms with Crippen molar-refractivity contribution in [3.63, 3.8) is 0 Å². The van der Waals surface area contributed by atoms with E-state index in [4.69, 9.17) is 9.26 Å². The minimum Gasteiger partial charge on any atom is -0.376 e. The van der Waals surface area contributed by atoms with Crippen molar-refractivity contribution < 1.29 is 14.1 Å². The number of ether oxygens (including phenoxy) is 1. The molecule has 0 bridgehead atoms. The quantitative estimate of drug-likeness (QED) is 0.840. The van der Waals surface area contributed by atoms with Crippen LogP contribution in [0.1, 0.15) is 44.0 Å². The number of aryl methyl sites for hydroxylation is 1. The Kier molecular flexibility index (Phi) is 5.51. The maximum atomic E-state index is 12.4. The maximum absolute atomic E-state index is 12.4. The second kappa shape index (κ2) is 7.82. The first-order valence-corrected chi connectivity index (χ1v) is 8.88. The van der Waals surface area contributed by atoms with E-state index in [1.807, 2.05) is 20.8 Å². The van der Waals surface area contributed by atoms with Crippen LogP contribution in [-0.2, 0) is 16.1 Å². The van der Waals surface area contributed by atoms with E-state index in [9.17, 15) is 9.59 Å². The lowest BCUT2D eigenvalue weighted by Crippen LogP contribution is -2.37. The van der Waals surface area contributed by atoms with Gasteiger partial charge in [-0.05, 0) is 25.7 Å². The molecule has 3 rings (SSSR count). The summed E-state index contributed by atoms with van der Waals surface area (Å²) >= 11 is 0. The molecule has 1 saturated heterocycles. The lowest BCUT2D eigenvalue weighted by atomic mass is 10.0. The summed E-state index contributed by atoms with van der Waals surface area (Å²) < 4.78 is 11.9. The van der Waals surface area contributed by atoms with Crippen LogP contribution in [0.4, 0.5) is 0 Å². The predicted octanol–water partition coefficient (Wildman–Crippen LogP) is 1.63. The number of nitrogens with zero attached hydrogens (tertiary/aromatic N) is 3. The van der Waals surface area contributed by atoms with Gasteiger partial charge in [-0.1, -0.05) is 19.0 Å². The average molecular weight is 360 g/mol. The molecular weight excluding hydrogens is 336 g/mol. The fourth-order valence-electron chi connectivity index (χ4n) is 2.96. The monoisotopic (exact) mass is 360 g/mol. The smallest absolute Gasteiger partial charge is 0.267 e. The largest absolute Gasteiger partial charge is 0.376 e. The number of carbonyl (C=O) groups is 1. The summed E-state index contributed by atoms with van der Waals surface area (Å²) in [5.74, 6) is 0.302. The van der Waals surface area contributed by atoms with Crippen LogP contribution in [0, 0.1) is 6.92 Å². The third kappa shape index (κ3) is 4.19. The van der Waals surface area contributed by atoms with Crippen LogP contribution in [-0.4, -0.2) is 40.1 Å². The molecule has 1 fully saturated rings. The third-order valence-corrected chi connectivity index (χ3v) is 4.31. The number of nitrogens with one attached hydrogen (secondary N) is 1. The van der Waals surface area contributed by atoms with E-state index in [-0.39, 0.29) is 30.0 Å². The fraction of sp³-hybridized carbons (Fsp3) is 0.556. The average Bonchev–Trinajstić information content (AvgIpc) is 3.25. The van der Waals surface area contributed by atoms with Crippen molar-refractivity contribution >= 4 is 5.91 Å². The van der Waals surface area contributed by atoms with Crippen molar-refractivity contribution in [2.24, 2.45) is 0 Å². The molecule has 1 aliphatic heterocycles. The van der Waals surface area contributed by atoms with E-state index in [2.05, 4.69) is 15.6 Å². The number of hydrogen-bond donors (Lipinski definition) is 1. The van der Waals surface area contributed by atoms with E-state index in [0.717, 1.165) is 25.1 Å². The second-order valence-electron chi connectivity index (χ2n) is 6.87. The van der Waals surface area contributed by atoms with Crippen LogP contribution in [0.3, 0.4) is 0 Å². The van der Waals surface area contributed by atoms with Crippen LogP contribution in [0.5, 0.6) is 0 Å². The Bertz CT molecular complexity index is 834. The Labute approximate surface area is 151 Å². The van der Waals surface area contributed by atoms with Crippen LogP contribution in [0.2, 0.25) is 0 Å². The van der Waals surface area contributed by atoms with Gasteiger partial charge in [0, 0.05) is 30.8 Å². The highest BCUT2D eigenvalue weighted by atomic mass is 16.5. The van der Waals surface area contributed by atoms with Gasteiger partial charge in [0.25, 0.3) is 5.56 Å². The summed E-state index contributed by atoms with van der Waals surface area (Å²) in [5.41, 5.74) is 1.67.